The van der Waals surface area contributed by atoms with Crippen LogP contribution in [0.1, 0.15) is 55.1 Å². The monoisotopic (exact) mass is 192 g/mol. The van der Waals surface area contributed by atoms with E-state index < -0.39 is 0 Å². The van der Waals surface area contributed by atoms with Crippen molar-refractivity contribution in [2.24, 2.45) is 0 Å². The molecule has 1 aromatic rings. The van der Waals surface area contributed by atoms with E-state index in [-0.39, 0.29) is 0 Å². The van der Waals surface area contributed by atoms with E-state index >= 15 is 0 Å². The molecular formula is C11H16N2O. The van der Waals surface area contributed by atoms with Crippen LogP contribution in [0.25, 0.3) is 0 Å². The lowest BCUT2D eigenvalue weighted by atomic mass is 10.1. The molecule has 0 radical (unpaired) electrons. The molecule has 1 aliphatic carbocycles. The third-order valence-electron chi connectivity index (χ3n) is 2.95. The van der Waals surface area contributed by atoms with Crippen molar-refractivity contribution < 1.29 is 4.79 Å². The van der Waals surface area contributed by atoms with Gasteiger partial charge in [-0.1, -0.05) is 25.7 Å². The molecular weight excluding hydrogens is 176 g/mol. The second-order valence-corrected chi connectivity index (χ2v) is 3.98. The van der Waals surface area contributed by atoms with Crippen molar-refractivity contribution in [2.75, 3.05) is 0 Å². The highest BCUT2D eigenvalue weighted by Gasteiger charge is 2.14. The zero-order valence-electron chi connectivity index (χ0n) is 8.35. The van der Waals surface area contributed by atoms with Crippen molar-refractivity contribution in [2.45, 2.75) is 44.6 Å². The van der Waals surface area contributed by atoms with Crippen LogP contribution in [0.4, 0.5) is 0 Å². The molecule has 14 heavy (non-hydrogen) atoms. The molecule has 0 N–H and O–H groups in total. The number of hydrogen-bond acceptors (Lipinski definition) is 2. The first-order valence-corrected chi connectivity index (χ1v) is 5.40. The maximum absolute atomic E-state index is 10.5. The van der Waals surface area contributed by atoms with E-state index in [2.05, 4.69) is 5.10 Å². The van der Waals surface area contributed by atoms with Crippen molar-refractivity contribution in [3.8, 4) is 0 Å². The quantitative estimate of drug-likeness (QED) is 0.533. The van der Waals surface area contributed by atoms with Crippen molar-refractivity contribution in [1.29, 1.82) is 0 Å². The molecule has 0 unspecified atom stereocenters. The first-order chi connectivity index (χ1) is 6.90. The van der Waals surface area contributed by atoms with E-state index in [4.69, 9.17) is 0 Å². The summed E-state index contributed by atoms with van der Waals surface area (Å²) in [7, 11) is 0. The summed E-state index contributed by atoms with van der Waals surface area (Å²) in [5.74, 6) is 0. The van der Waals surface area contributed by atoms with Crippen molar-refractivity contribution in [1.82, 2.24) is 9.78 Å². The van der Waals surface area contributed by atoms with Crippen molar-refractivity contribution in [3.05, 3.63) is 18.0 Å². The smallest absolute Gasteiger partial charge is 0.170 e. The van der Waals surface area contributed by atoms with E-state index in [0.717, 1.165) is 6.29 Å². The normalized spacial score (nSPS) is 19.1. The molecule has 3 nitrogen and oxygen atoms in total. The van der Waals surface area contributed by atoms with Gasteiger partial charge < -0.3 is 0 Å². The van der Waals surface area contributed by atoms with Gasteiger partial charge in [-0.25, -0.2) is 0 Å². The molecule has 1 saturated carbocycles. The van der Waals surface area contributed by atoms with Crippen LogP contribution in [0.15, 0.2) is 12.3 Å². The van der Waals surface area contributed by atoms with Crippen LogP contribution in [0.2, 0.25) is 0 Å². The molecule has 2 rings (SSSR count). The van der Waals surface area contributed by atoms with Crippen LogP contribution < -0.4 is 0 Å². The fourth-order valence-electron chi connectivity index (χ4n) is 2.14. The van der Waals surface area contributed by atoms with Gasteiger partial charge >= 0.3 is 0 Å². The van der Waals surface area contributed by atoms with E-state index in [1.807, 2.05) is 10.9 Å². The van der Waals surface area contributed by atoms with Gasteiger partial charge in [-0.3, -0.25) is 9.48 Å². The molecule has 76 valence electrons. The summed E-state index contributed by atoms with van der Waals surface area (Å²) in [6, 6.07) is 2.31. The molecule has 0 aliphatic heterocycles. The number of carbonyl (C=O) groups excluding carboxylic acids is 1. The number of aromatic nitrogens is 2. The average Bonchev–Trinajstić information content (AvgIpc) is 2.53. The highest BCUT2D eigenvalue weighted by Crippen LogP contribution is 2.26. The molecule has 1 aromatic heterocycles. The maximum Gasteiger partial charge on any atom is 0.170 e. The van der Waals surface area contributed by atoms with E-state index in [0.29, 0.717) is 11.7 Å². The van der Waals surface area contributed by atoms with Crippen molar-refractivity contribution >= 4 is 6.29 Å². The third-order valence-corrected chi connectivity index (χ3v) is 2.95. The lowest BCUT2D eigenvalue weighted by Gasteiger charge is -2.13. The minimum atomic E-state index is 0.520. The zero-order valence-corrected chi connectivity index (χ0v) is 8.35. The number of aldehydes is 1. The van der Waals surface area contributed by atoms with Crippen LogP contribution >= 0.6 is 0 Å². The van der Waals surface area contributed by atoms with Gasteiger partial charge in [0.2, 0.25) is 0 Å². The van der Waals surface area contributed by atoms with Gasteiger partial charge in [-0.2, -0.15) is 5.10 Å². The standard InChI is InChI=1S/C11H16N2O/c14-9-10-7-8-13(12-10)11-5-3-1-2-4-6-11/h7-9,11H,1-6H2. The molecule has 0 amide bonds. The van der Waals surface area contributed by atoms with Crippen LogP contribution in [0.5, 0.6) is 0 Å². The molecule has 1 aliphatic rings. The average molecular weight is 192 g/mol. The van der Waals surface area contributed by atoms with Gasteiger partial charge in [0.05, 0.1) is 6.04 Å². The zero-order chi connectivity index (χ0) is 9.80. The summed E-state index contributed by atoms with van der Waals surface area (Å²) >= 11 is 0. The summed E-state index contributed by atoms with van der Waals surface area (Å²) in [5, 5.41) is 4.24. The number of hydrogen-bond donors (Lipinski definition) is 0. The molecule has 0 spiro atoms. The number of carbonyl (C=O) groups is 1. The molecule has 1 heterocycles. The van der Waals surface area contributed by atoms with Crippen LogP contribution in [-0.4, -0.2) is 16.1 Å². The van der Waals surface area contributed by atoms with E-state index in [1.54, 1.807) is 6.07 Å². The molecule has 3 heteroatoms. The maximum atomic E-state index is 10.5. The van der Waals surface area contributed by atoms with E-state index in [1.165, 1.54) is 38.5 Å². The van der Waals surface area contributed by atoms with Gasteiger partial charge in [0.1, 0.15) is 5.69 Å². The first-order valence-electron chi connectivity index (χ1n) is 5.40. The van der Waals surface area contributed by atoms with Gasteiger partial charge in [0.15, 0.2) is 6.29 Å². The Bertz CT molecular complexity index is 298. The molecule has 0 aromatic carbocycles. The summed E-state index contributed by atoms with van der Waals surface area (Å²) < 4.78 is 1.97. The van der Waals surface area contributed by atoms with Gasteiger partial charge in [-0.15, -0.1) is 0 Å². The van der Waals surface area contributed by atoms with Crippen LogP contribution in [-0.2, 0) is 0 Å². The largest absolute Gasteiger partial charge is 0.296 e. The Hall–Kier alpha value is -1.12. The highest BCUT2D eigenvalue weighted by molar-refractivity contribution is 5.71. The molecule has 0 bridgehead atoms. The molecule has 0 atom stereocenters. The van der Waals surface area contributed by atoms with Gasteiger partial charge in [0, 0.05) is 6.20 Å². The summed E-state index contributed by atoms with van der Waals surface area (Å²) in [6.07, 6.45) is 10.4. The Morgan fingerprint density at radius 1 is 1.29 bits per heavy atom. The first kappa shape index (κ1) is 9.44. The Morgan fingerprint density at radius 3 is 2.57 bits per heavy atom. The van der Waals surface area contributed by atoms with Crippen LogP contribution in [0, 0.1) is 0 Å². The second kappa shape index (κ2) is 4.40. The van der Waals surface area contributed by atoms with Crippen LogP contribution in [0.3, 0.4) is 0 Å². The Balaban J connectivity index is 2.08. The Labute approximate surface area is 84.1 Å². The van der Waals surface area contributed by atoms with Gasteiger partial charge in [0.25, 0.3) is 0 Å². The summed E-state index contributed by atoms with van der Waals surface area (Å²) in [4.78, 5) is 10.5. The van der Waals surface area contributed by atoms with Crippen molar-refractivity contribution in [3.63, 3.8) is 0 Å². The second-order valence-electron chi connectivity index (χ2n) is 3.98. The number of rotatable bonds is 2. The number of nitrogens with zero attached hydrogens (tertiary/aromatic N) is 2. The lowest BCUT2D eigenvalue weighted by Crippen LogP contribution is -2.08. The minimum absolute atomic E-state index is 0.520. The third kappa shape index (κ3) is 2.03. The topological polar surface area (TPSA) is 34.9 Å². The van der Waals surface area contributed by atoms with Gasteiger partial charge in [-0.05, 0) is 18.9 Å². The predicted octanol–water partition coefficient (Wildman–Crippen LogP) is 2.59. The summed E-state index contributed by atoms with van der Waals surface area (Å²) in [5.41, 5.74) is 0.550. The Kier molecular flexibility index (Phi) is 2.96. The Morgan fingerprint density at radius 2 is 2.00 bits per heavy atom. The lowest BCUT2D eigenvalue weighted by molar-refractivity contribution is 0.111. The SMILES string of the molecule is O=Cc1ccn(C2CCCCCC2)n1. The fourth-order valence-corrected chi connectivity index (χ4v) is 2.14. The summed E-state index contributed by atoms with van der Waals surface area (Å²) in [6.45, 7) is 0. The molecule has 0 saturated heterocycles. The molecule has 1 fully saturated rings. The van der Waals surface area contributed by atoms with E-state index in [9.17, 15) is 4.79 Å². The minimum Gasteiger partial charge on any atom is -0.296 e. The predicted molar refractivity (Wildman–Crippen MR) is 54.4 cm³/mol. The highest BCUT2D eigenvalue weighted by atomic mass is 16.1. The fraction of sp³-hybridized carbons (Fsp3) is 0.636.